The number of aromatic nitrogens is 3. The summed E-state index contributed by atoms with van der Waals surface area (Å²) in [5.74, 6) is 0.0224. The van der Waals surface area contributed by atoms with Crippen LogP contribution >= 0.6 is 11.3 Å². The Balaban J connectivity index is 1.73. The topological polar surface area (TPSA) is 54.3 Å². The van der Waals surface area contributed by atoms with E-state index in [1.165, 1.54) is 28.2 Å². The highest BCUT2D eigenvalue weighted by molar-refractivity contribution is 7.13. The summed E-state index contributed by atoms with van der Waals surface area (Å²) < 4.78 is 41.0. The van der Waals surface area contributed by atoms with Crippen LogP contribution in [0.3, 0.4) is 0 Å². The van der Waals surface area contributed by atoms with Crippen LogP contribution in [0.15, 0.2) is 41.8 Å². The van der Waals surface area contributed by atoms with E-state index in [0.29, 0.717) is 23.8 Å². The number of benzene rings is 1. The van der Waals surface area contributed by atoms with Crippen LogP contribution in [0.2, 0.25) is 0 Å². The van der Waals surface area contributed by atoms with Gasteiger partial charge in [0.05, 0.1) is 16.1 Å². The molecule has 3 aromatic rings. The normalized spacial score (nSPS) is 17.4. The van der Waals surface area contributed by atoms with Gasteiger partial charge in [0.15, 0.2) is 5.82 Å². The third-order valence-electron chi connectivity index (χ3n) is 5.37. The van der Waals surface area contributed by atoms with Crippen LogP contribution < -0.4 is 0 Å². The molecule has 1 atom stereocenters. The zero-order valence-electron chi connectivity index (χ0n) is 17.1. The number of thiophene rings is 1. The third kappa shape index (κ3) is 4.49. The van der Waals surface area contributed by atoms with Gasteiger partial charge in [0, 0.05) is 19.1 Å². The van der Waals surface area contributed by atoms with E-state index in [9.17, 15) is 18.0 Å². The standard InChI is InChI=1S/C21H22F3N5OS/c1-27(2)16-8-4-10-28(13-16)20(30)18-25-19(17-9-5-11-31-17)29(26-18)15-7-3-6-14(12-15)21(22,23)24/h3,5-7,9,11-12,16H,4,8,10,13H2,1-2H3. The first-order chi connectivity index (χ1) is 14.7. The number of piperidine rings is 1. The molecule has 0 saturated carbocycles. The number of nitrogens with zero attached hydrogens (tertiary/aromatic N) is 5. The fourth-order valence-electron chi connectivity index (χ4n) is 3.66. The van der Waals surface area contributed by atoms with Gasteiger partial charge in [-0.05, 0) is 56.6 Å². The SMILES string of the molecule is CN(C)C1CCCN(C(=O)c2nc(-c3cccs3)n(-c3cccc(C(F)(F)F)c3)n2)C1. The van der Waals surface area contributed by atoms with Gasteiger partial charge in [-0.25, -0.2) is 9.67 Å². The molecule has 1 saturated heterocycles. The first-order valence-electron chi connectivity index (χ1n) is 9.88. The Bertz CT molecular complexity index is 1060. The van der Waals surface area contributed by atoms with E-state index >= 15 is 0 Å². The Hall–Kier alpha value is -2.72. The number of amides is 1. The summed E-state index contributed by atoms with van der Waals surface area (Å²) in [4.78, 5) is 22.1. The quantitative estimate of drug-likeness (QED) is 0.600. The van der Waals surface area contributed by atoms with Crippen molar-refractivity contribution in [3.05, 3.63) is 53.2 Å². The van der Waals surface area contributed by atoms with Gasteiger partial charge in [-0.15, -0.1) is 16.4 Å². The molecule has 1 unspecified atom stereocenters. The highest BCUT2D eigenvalue weighted by Crippen LogP contribution is 2.32. The van der Waals surface area contributed by atoms with E-state index in [1.54, 1.807) is 11.0 Å². The molecule has 0 aliphatic carbocycles. The lowest BCUT2D eigenvalue weighted by molar-refractivity contribution is -0.137. The smallest absolute Gasteiger partial charge is 0.334 e. The number of likely N-dealkylation sites (N-methyl/N-ethyl adjacent to an activating group) is 1. The molecule has 0 spiro atoms. The molecule has 0 radical (unpaired) electrons. The number of likely N-dealkylation sites (tertiary alicyclic amines) is 1. The predicted molar refractivity (Wildman–Crippen MR) is 112 cm³/mol. The molecule has 1 aromatic carbocycles. The number of carbonyl (C=O) groups excluding carboxylic acids is 1. The molecule has 164 valence electrons. The Morgan fingerprint density at radius 3 is 2.71 bits per heavy atom. The first-order valence-corrected chi connectivity index (χ1v) is 10.8. The van der Waals surface area contributed by atoms with Crippen LogP contribution in [-0.4, -0.2) is 63.7 Å². The molecule has 1 aliphatic rings. The maximum Gasteiger partial charge on any atom is 0.416 e. The number of halogens is 3. The number of rotatable bonds is 4. The molecule has 3 heterocycles. The maximum absolute atomic E-state index is 13.2. The highest BCUT2D eigenvalue weighted by Gasteiger charge is 2.32. The lowest BCUT2D eigenvalue weighted by Gasteiger charge is -2.35. The monoisotopic (exact) mass is 449 g/mol. The number of alkyl halides is 3. The van der Waals surface area contributed by atoms with Gasteiger partial charge in [-0.2, -0.15) is 13.2 Å². The van der Waals surface area contributed by atoms with Crippen LogP contribution in [0.25, 0.3) is 16.4 Å². The lowest BCUT2D eigenvalue weighted by atomic mass is 10.0. The van der Waals surface area contributed by atoms with Crippen molar-refractivity contribution in [1.29, 1.82) is 0 Å². The van der Waals surface area contributed by atoms with E-state index < -0.39 is 11.7 Å². The van der Waals surface area contributed by atoms with Crippen molar-refractivity contribution in [2.45, 2.75) is 25.1 Å². The Labute approximate surface area is 181 Å². The van der Waals surface area contributed by atoms with Crippen molar-refractivity contribution in [2.24, 2.45) is 0 Å². The number of carbonyl (C=O) groups is 1. The summed E-state index contributed by atoms with van der Waals surface area (Å²) in [6.45, 7) is 1.17. The largest absolute Gasteiger partial charge is 0.416 e. The molecule has 0 bridgehead atoms. The van der Waals surface area contributed by atoms with Gasteiger partial charge >= 0.3 is 6.18 Å². The second-order valence-electron chi connectivity index (χ2n) is 7.71. The summed E-state index contributed by atoms with van der Waals surface area (Å²) in [5.41, 5.74) is -0.579. The number of hydrogen-bond acceptors (Lipinski definition) is 5. The van der Waals surface area contributed by atoms with Crippen LogP contribution in [0.5, 0.6) is 0 Å². The van der Waals surface area contributed by atoms with E-state index in [-0.39, 0.29) is 23.5 Å². The molecule has 10 heteroatoms. The zero-order valence-corrected chi connectivity index (χ0v) is 18.0. The summed E-state index contributed by atoms with van der Waals surface area (Å²) in [6.07, 6.45) is -2.60. The van der Waals surface area contributed by atoms with Crippen LogP contribution in [0.1, 0.15) is 29.0 Å². The third-order valence-corrected chi connectivity index (χ3v) is 6.24. The van der Waals surface area contributed by atoms with E-state index in [2.05, 4.69) is 15.0 Å². The summed E-state index contributed by atoms with van der Waals surface area (Å²) in [6, 6.07) is 8.74. The predicted octanol–water partition coefficient (Wildman–Crippen LogP) is 4.18. The number of hydrogen-bond donors (Lipinski definition) is 0. The molecule has 6 nitrogen and oxygen atoms in total. The lowest BCUT2D eigenvalue weighted by Crippen LogP contribution is -2.47. The minimum absolute atomic E-state index is 0.0137. The Morgan fingerprint density at radius 1 is 1.23 bits per heavy atom. The average Bonchev–Trinajstić information content (AvgIpc) is 3.42. The van der Waals surface area contributed by atoms with Crippen molar-refractivity contribution in [1.82, 2.24) is 24.6 Å². The van der Waals surface area contributed by atoms with Crippen molar-refractivity contribution >= 4 is 17.2 Å². The van der Waals surface area contributed by atoms with Crippen LogP contribution in [-0.2, 0) is 6.18 Å². The minimum atomic E-state index is -4.48. The van der Waals surface area contributed by atoms with Crippen molar-refractivity contribution in [3.8, 4) is 16.4 Å². The maximum atomic E-state index is 13.2. The molecule has 31 heavy (non-hydrogen) atoms. The molecular formula is C21H22F3N5OS. The molecule has 2 aromatic heterocycles. The van der Waals surface area contributed by atoms with Gasteiger partial charge in [-0.1, -0.05) is 12.1 Å². The van der Waals surface area contributed by atoms with Gasteiger partial charge in [0.25, 0.3) is 5.91 Å². The fourth-order valence-corrected chi connectivity index (χ4v) is 4.36. The van der Waals surface area contributed by atoms with Crippen LogP contribution in [0.4, 0.5) is 13.2 Å². The van der Waals surface area contributed by atoms with Gasteiger partial charge in [0.1, 0.15) is 0 Å². The molecular weight excluding hydrogens is 427 g/mol. The van der Waals surface area contributed by atoms with Gasteiger partial charge in [-0.3, -0.25) is 4.79 Å². The molecule has 1 amide bonds. The second kappa shape index (κ2) is 8.43. The van der Waals surface area contributed by atoms with Crippen LogP contribution in [0, 0.1) is 0 Å². The highest BCUT2D eigenvalue weighted by atomic mass is 32.1. The molecule has 1 aliphatic heterocycles. The summed E-state index contributed by atoms with van der Waals surface area (Å²) in [7, 11) is 3.96. The van der Waals surface area contributed by atoms with E-state index in [0.717, 1.165) is 25.0 Å². The van der Waals surface area contributed by atoms with E-state index in [1.807, 2.05) is 25.5 Å². The molecule has 4 rings (SSSR count). The van der Waals surface area contributed by atoms with E-state index in [4.69, 9.17) is 0 Å². The first kappa shape index (κ1) is 21.5. The van der Waals surface area contributed by atoms with Crippen molar-refractivity contribution in [3.63, 3.8) is 0 Å². The average molecular weight is 450 g/mol. The fraction of sp³-hybridized carbons (Fsp3) is 0.381. The summed E-state index contributed by atoms with van der Waals surface area (Å²) >= 11 is 1.38. The Kier molecular flexibility index (Phi) is 5.85. The van der Waals surface area contributed by atoms with Gasteiger partial charge in [0.2, 0.25) is 5.82 Å². The molecule has 1 fully saturated rings. The molecule has 0 N–H and O–H groups in total. The Morgan fingerprint density at radius 2 is 2.03 bits per heavy atom. The summed E-state index contributed by atoms with van der Waals surface area (Å²) in [5, 5.41) is 6.19. The van der Waals surface area contributed by atoms with Crippen molar-refractivity contribution in [2.75, 3.05) is 27.2 Å². The minimum Gasteiger partial charge on any atom is -0.334 e. The zero-order chi connectivity index (χ0) is 22.2. The van der Waals surface area contributed by atoms with Crippen molar-refractivity contribution < 1.29 is 18.0 Å². The van der Waals surface area contributed by atoms with Gasteiger partial charge < -0.3 is 9.80 Å². The second-order valence-corrected chi connectivity index (χ2v) is 8.65.